The van der Waals surface area contributed by atoms with Crippen LogP contribution >= 0.6 is 0 Å². The van der Waals surface area contributed by atoms with Gasteiger partial charge in [0.15, 0.2) is 5.75 Å². The van der Waals surface area contributed by atoms with E-state index in [1.165, 1.54) is 12.4 Å². The molecule has 1 N–H and O–H groups in total. The quantitative estimate of drug-likeness (QED) is 0.596. The molecule has 0 saturated heterocycles. The van der Waals surface area contributed by atoms with E-state index in [9.17, 15) is 5.11 Å². The molecule has 2 heterocycles. The lowest BCUT2D eigenvalue weighted by atomic mass is 10.4. The normalized spacial score (nSPS) is 10.2. The van der Waals surface area contributed by atoms with Gasteiger partial charge in [0, 0.05) is 12.4 Å². The van der Waals surface area contributed by atoms with Gasteiger partial charge in [0.2, 0.25) is 0 Å². The number of rotatable bonds is 0. The summed E-state index contributed by atoms with van der Waals surface area (Å²) >= 11 is 0. The molecular formula is C7H5N3O. The second-order valence-electron chi connectivity index (χ2n) is 2.08. The van der Waals surface area contributed by atoms with Crippen LogP contribution in [0.15, 0.2) is 24.8 Å². The molecule has 0 saturated carbocycles. The number of hydrogen-bond donors (Lipinski definition) is 1. The van der Waals surface area contributed by atoms with Crippen molar-refractivity contribution in [3.8, 4) is 5.75 Å². The molecule has 0 unspecified atom stereocenters. The highest BCUT2D eigenvalue weighted by Crippen LogP contribution is 2.16. The Morgan fingerprint density at radius 1 is 1.09 bits per heavy atom. The molecule has 4 nitrogen and oxygen atoms in total. The van der Waals surface area contributed by atoms with Gasteiger partial charge in [-0.2, -0.15) is 0 Å². The Labute approximate surface area is 62.6 Å². The summed E-state index contributed by atoms with van der Waals surface area (Å²) < 4.78 is 0. The molecule has 2 aromatic heterocycles. The van der Waals surface area contributed by atoms with Crippen LogP contribution in [0.1, 0.15) is 0 Å². The average molecular weight is 147 g/mol. The fraction of sp³-hybridized carbons (Fsp3) is 0. The molecular weight excluding hydrogens is 142 g/mol. The van der Waals surface area contributed by atoms with E-state index in [-0.39, 0.29) is 5.75 Å². The summed E-state index contributed by atoms with van der Waals surface area (Å²) in [6, 6.07) is 0. The summed E-state index contributed by atoms with van der Waals surface area (Å²) in [5, 5.41) is 9.21. The zero-order valence-corrected chi connectivity index (χ0v) is 5.60. The van der Waals surface area contributed by atoms with Gasteiger partial charge in [0.25, 0.3) is 0 Å². The molecule has 0 bridgehead atoms. The third-order valence-electron chi connectivity index (χ3n) is 1.36. The van der Waals surface area contributed by atoms with Crippen LogP contribution in [-0.2, 0) is 0 Å². The van der Waals surface area contributed by atoms with Crippen LogP contribution in [-0.4, -0.2) is 20.1 Å². The third kappa shape index (κ3) is 0.881. The maximum absolute atomic E-state index is 9.21. The number of fused-ring (bicyclic) bond motifs is 1. The van der Waals surface area contributed by atoms with Crippen molar-refractivity contribution in [2.45, 2.75) is 0 Å². The number of aromatic hydroxyl groups is 1. The Hall–Kier alpha value is -1.71. The van der Waals surface area contributed by atoms with Gasteiger partial charge in [-0.1, -0.05) is 0 Å². The van der Waals surface area contributed by atoms with E-state index in [2.05, 4.69) is 15.0 Å². The number of nitrogens with zero attached hydrogens (tertiary/aromatic N) is 3. The highest BCUT2D eigenvalue weighted by Gasteiger charge is 1.98. The van der Waals surface area contributed by atoms with Crippen LogP contribution < -0.4 is 0 Å². The second-order valence-corrected chi connectivity index (χ2v) is 2.08. The van der Waals surface area contributed by atoms with Crippen LogP contribution in [0.25, 0.3) is 11.0 Å². The van der Waals surface area contributed by atoms with Crippen molar-refractivity contribution < 1.29 is 5.11 Å². The summed E-state index contributed by atoms with van der Waals surface area (Å²) in [6.07, 6.45) is 5.99. The fourth-order valence-electron chi connectivity index (χ4n) is 0.880. The molecule has 11 heavy (non-hydrogen) atoms. The van der Waals surface area contributed by atoms with E-state index >= 15 is 0 Å². The topological polar surface area (TPSA) is 58.9 Å². The Morgan fingerprint density at radius 3 is 2.73 bits per heavy atom. The first-order valence-electron chi connectivity index (χ1n) is 3.11. The molecule has 0 aliphatic rings. The minimum absolute atomic E-state index is 0.0654. The van der Waals surface area contributed by atoms with Gasteiger partial charge in [-0.15, -0.1) is 0 Å². The first kappa shape index (κ1) is 6.03. The molecule has 0 fully saturated rings. The standard InChI is InChI=1S/C7H5N3O/c11-6-4-8-3-5-7(6)10-2-1-9-5/h1-4,11H. The predicted octanol–water partition coefficient (Wildman–Crippen LogP) is 0.730. The molecule has 54 valence electrons. The molecule has 0 atom stereocenters. The lowest BCUT2D eigenvalue weighted by Crippen LogP contribution is -1.83. The molecule has 2 aromatic rings. The van der Waals surface area contributed by atoms with Gasteiger partial charge in [0.05, 0.1) is 12.4 Å². The largest absolute Gasteiger partial charge is 0.504 e. The van der Waals surface area contributed by atoms with Gasteiger partial charge in [-0.25, -0.2) is 4.98 Å². The highest BCUT2D eigenvalue weighted by atomic mass is 16.3. The first-order valence-corrected chi connectivity index (χ1v) is 3.11. The van der Waals surface area contributed by atoms with E-state index in [4.69, 9.17) is 0 Å². The Morgan fingerprint density at radius 2 is 1.91 bits per heavy atom. The van der Waals surface area contributed by atoms with Crippen molar-refractivity contribution in [1.29, 1.82) is 0 Å². The van der Waals surface area contributed by atoms with E-state index in [0.717, 1.165) is 0 Å². The van der Waals surface area contributed by atoms with Crippen molar-refractivity contribution in [1.82, 2.24) is 15.0 Å². The van der Waals surface area contributed by atoms with Gasteiger partial charge in [-0.05, 0) is 0 Å². The van der Waals surface area contributed by atoms with E-state index < -0.39 is 0 Å². The molecule has 0 aliphatic heterocycles. The Kier molecular flexibility index (Phi) is 1.18. The second kappa shape index (κ2) is 2.16. The first-order chi connectivity index (χ1) is 5.38. The van der Waals surface area contributed by atoms with Crippen molar-refractivity contribution >= 4 is 11.0 Å². The lowest BCUT2D eigenvalue weighted by Gasteiger charge is -1.95. The van der Waals surface area contributed by atoms with E-state index in [1.54, 1.807) is 12.4 Å². The molecule has 4 heteroatoms. The van der Waals surface area contributed by atoms with Crippen LogP contribution in [0.3, 0.4) is 0 Å². The average Bonchev–Trinajstić information content (AvgIpc) is 2.06. The van der Waals surface area contributed by atoms with Crippen LogP contribution in [0.2, 0.25) is 0 Å². The molecule has 0 aromatic carbocycles. The minimum atomic E-state index is 0.0654. The molecule has 0 aliphatic carbocycles. The van der Waals surface area contributed by atoms with Gasteiger partial charge >= 0.3 is 0 Å². The van der Waals surface area contributed by atoms with Crippen LogP contribution in [0.5, 0.6) is 5.75 Å². The third-order valence-corrected chi connectivity index (χ3v) is 1.36. The monoisotopic (exact) mass is 147 g/mol. The molecule has 0 spiro atoms. The molecule has 2 rings (SSSR count). The van der Waals surface area contributed by atoms with Gasteiger partial charge < -0.3 is 5.11 Å². The van der Waals surface area contributed by atoms with Crippen molar-refractivity contribution in [3.63, 3.8) is 0 Å². The summed E-state index contributed by atoms with van der Waals surface area (Å²) in [6.45, 7) is 0. The van der Waals surface area contributed by atoms with Crippen molar-refractivity contribution in [2.75, 3.05) is 0 Å². The maximum Gasteiger partial charge on any atom is 0.161 e. The lowest BCUT2D eigenvalue weighted by molar-refractivity contribution is 0.478. The summed E-state index contributed by atoms with van der Waals surface area (Å²) in [7, 11) is 0. The van der Waals surface area contributed by atoms with Crippen molar-refractivity contribution in [2.24, 2.45) is 0 Å². The zero-order valence-electron chi connectivity index (χ0n) is 5.60. The molecule has 0 amide bonds. The van der Waals surface area contributed by atoms with Crippen LogP contribution in [0.4, 0.5) is 0 Å². The maximum atomic E-state index is 9.21. The van der Waals surface area contributed by atoms with Crippen LogP contribution in [0, 0.1) is 0 Å². The number of aromatic nitrogens is 3. The Bertz CT molecular complexity index is 383. The smallest absolute Gasteiger partial charge is 0.161 e. The summed E-state index contributed by atoms with van der Waals surface area (Å²) in [5.41, 5.74) is 1.09. The van der Waals surface area contributed by atoms with E-state index in [1.807, 2.05) is 0 Å². The summed E-state index contributed by atoms with van der Waals surface area (Å²) in [4.78, 5) is 11.6. The van der Waals surface area contributed by atoms with Gasteiger partial charge in [-0.3, -0.25) is 9.97 Å². The fourth-order valence-corrected chi connectivity index (χ4v) is 0.880. The van der Waals surface area contributed by atoms with E-state index in [0.29, 0.717) is 11.0 Å². The highest BCUT2D eigenvalue weighted by molar-refractivity contribution is 5.78. The SMILES string of the molecule is Oc1cncc2nccnc12. The van der Waals surface area contributed by atoms with Crippen molar-refractivity contribution in [3.05, 3.63) is 24.8 Å². The Balaban J connectivity index is 2.91. The number of hydrogen-bond acceptors (Lipinski definition) is 4. The minimum Gasteiger partial charge on any atom is -0.504 e. The predicted molar refractivity (Wildman–Crippen MR) is 39.0 cm³/mol. The van der Waals surface area contributed by atoms with Gasteiger partial charge in [0.1, 0.15) is 11.0 Å². The molecule has 0 radical (unpaired) electrons. The zero-order chi connectivity index (χ0) is 7.68. The summed E-state index contributed by atoms with van der Waals surface area (Å²) in [5.74, 6) is 0.0654. The number of pyridine rings is 1.